The van der Waals surface area contributed by atoms with Crippen molar-refractivity contribution in [3.05, 3.63) is 68.6 Å². The molecule has 0 aromatic heterocycles. The van der Waals surface area contributed by atoms with E-state index in [9.17, 15) is 13.2 Å². The number of sulfone groups is 1. The van der Waals surface area contributed by atoms with Crippen LogP contribution in [0.4, 0.5) is 0 Å². The van der Waals surface area contributed by atoms with Crippen LogP contribution in [-0.4, -0.2) is 20.1 Å². The second-order valence-corrected chi connectivity index (χ2v) is 8.96. The van der Waals surface area contributed by atoms with Crippen LogP contribution in [0.2, 0.25) is 0 Å². The predicted octanol–water partition coefficient (Wildman–Crippen LogP) is 3.44. The van der Waals surface area contributed by atoms with E-state index in [0.717, 1.165) is 14.5 Å². The molecule has 2 aromatic carbocycles. The van der Waals surface area contributed by atoms with Gasteiger partial charge in [-0.15, -0.1) is 0 Å². The number of carbonyl (C=O) groups excluding carboxylic acids is 1. The summed E-state index contributed by atoms with van der Waals surface area (Å²) in [6.45, 7) is 0.298. The number of nitrogens with one attached hydrogen (secondary N) is 1. The molecule has 0 saturated heterocycles. The molecule has 1 amide bonds. The van der Waals surface area contributed by atoms with Gasteiger partial charge in [-0.3, -0.25) is 4.79 Å². The Morgan fingerprint density at radius 3 is 2.30 bits per heavy atom. The van der Waals surface area contributed by atoms with E-state index in [1.807, 2.05) is 24.3 Å². The zero-order valence-electron chi connectivity index (χ0n) is 12.1. The molecule has 0 aliphatic carbocycles. The number of halogens is 2. The van der Waals surface area contributed by atoms with E-state index < -0.39 is 21.5 Å². The van der Waals surface area contributed by atoms with Crippen molar-refractivity contribution in [1.82, 2.24) is 5.32 Å². The van der Waals surface area contributed by atoms with Crippen molar-refractivity contribution in [2.75, 3.05) is 5.75 Å². The number of carbonyl (C=O) groups is 1. The average molecular weight is 461 g/mol. The molecule has 0 unspecified atom stereocenters. The van der Waals surface area contributed by atoms with Crippen molar-refractivity contribution in [3.8, 4) is 0 Å². The van der Waals surface area contributed by atoms with Crippen molar-refractivity contribution < 1.29 is 13.2 Å². The van der Waals surface area contributed by atoms with Crippen LogP contribution in [0.15, 0.2) is 57.5 Å². The van der Waals surface area contributed by atoms with Crippen molar-refractivity contribution in [3.63, 3.8) is 0 Å². The van der Waals surface area contributed by atoms with Gasteiger partial charge in [-0.25, -0.2) is 8.42 Å². The van der Waals surface area contributed by atoms with Gasteiger partial charge in [0.15, 0.2) is 9.84 Å². The highest BCUT2D eigenvalue weighted by molar-refractivity contribution is 9.10. The Labute approximate surface area is 152 Å². The highest BCUT2D eigenvalue weighted by Gasteiger charge is 2.17. The molecule has 2 rings (SSSR count). The van der Waals surface area contributed by atoms with E-state index in [2.05, 4.69) is 37.2 Å². The summed E-state index contributed by atoms with van der Waals surface area (Å²) in [6.07, 6.45) is 0. The number of rotatable bonds is 6. The summed E-state index contributed by atoms with van der Waals surface area (Å²) in [7, 11) is -3.50. The van der Waals surface area contributed by atoms with Crippen LogP contribution in [0.1, 0.15) is 11.1 Å². The van der Waals surface area contributed by atoms with E-state index in [1.165, 1.54) is 0 Å². The Balaban J connectivity index is 1.89. The molecular formula is C16H15Br2NO3S. The summed E-state index contributed by atoms with van der Waals surface area (Å²) < 4.78 is 26.0. The predicted molar refractivity (Wildman–Crippen MR) is 97.6 cm³/mol. The van der Waals surface area contributed by atoms with Gasteiger partial charge < -0.3 is 5.32 Å². The van der Waals surface area contributed by atoms with Crippen molar-refractivity contribution in [2.45, 2.75) is 12.3 Å². The maximum atomic E-state index is 12.1. The van der Waals surface area contributed by atoms with Crippen molar-refractivity contribution in [2.24, 2.45) is 0 Å². The summed E-state index contributed by atoms with van der Waals surface area (Å²) in [5.41, 5.74) is 1.56. The highest BCUT2D eigenvalue weighted by atomic mass is 79.9. The molecule has 7 heteroatoms. The third-order valence-corrected chi connectivity index (χ3v) is 5.53. The van der Waals surface area contributed by atoms with Crippen molar-refractivity contribution >= 4 is 47.6 Å². The van der Waals surface area contributed by atoms with Gasteiger partial charge in [0.25, 0.3) is 0 Å². The summed E-state index contributed by atoms with van der Waals surface area (Å²) in [6, 6.07) is 14.5. The molecule has 4 nitrogen and oxygen atoms in total. The molecular weight excluding hydrogens is 446 g/mol. The first kappa shape index (κ1) is 18.2. The fraction of sp³-hybridized carbons (Fsp3) is 0.188. The topological polar surface area (TPSA) is 63.2 Å². The smallest absolute Gasteiger partial charge is 0.235 e. The lowest BCUT2D eigenvalue weighted by Gasteiger charge is -2.07. The molecule has 23 heavy (non-hydrogen) atoms. The number of benzene rings is 2. The monoisotopic (exact) mass is 459 g/mol. The Kier molecular flexibility index (Phi) is 6.38. The number of hydrogen-bond acceptors (Lipinski definition) is 3. The van der Waals surface area contributed by atoms with Crippen LogP contribution in [0, 0.1) is 0 Å². The largest absolute Gasteiger partial charge is 0.351 e. The van der Waals surface area contributed by atoms with E-state index in [1.54, 1.807) is 24.3 Å². The average Bonchev–Trinajstić information content (AvgIpc) is 2.47. The van der Waals surface area contributed by atoms with Gasteiger partial charge in [0.2, 0.25) is 5.91 Å². The first-order valence-corrected chi connectivity index (χ1v) is 10.2. The summed E-state index contributed by atoms with van der Waals surface area (Å²) in [4.78, 5) is 11.9. The lowest BCUT2D eigenvalue weighted by molar-refractivity contribution is -0.118. The van der Waals surface area contributed by atoms with Gasteiger partial charge in [0, 0.05) is 15.5 Å². The van der Waals surface area contributed by atoms with Crippen LogP contribution < -0.4 is 5.32 Å². The third-order valence-electron chi connectivity index (χ3n) is 3.03. The molecule has 0 bridgehead atoms. The Morgan fingerprint density at radius 2 is 1.65 bits per heavy atom. The van der Waals surface area contributed by atoms with E-state index in [0.29, 0.717) is 12.1 Å². The lowest BCUT2D eigenvalue weighted by Crippen LogP contribution is -2.30. The zero-order chi connectivity index (χ0) is 16.9. The Bertz CT molecular complexity index is 789. The molecule has 1 N–H and O–H groups in total. The molecule has 0 aliphatic rings. The number of hydrogen-bond donors (Lipinski definition) is 1. The maximum Gasteiger partial charge on any atom is 0.235 e. The second kappa shape index (κ2) is 8.08. The quantitative estimate of drug-likeness (QED) is 0.718. The van der Waals surface area contributed by atoms with Crippen LogP contribution in [-0.2, 0) is 26.9 Å². The molecule has 0 heterocycles. The van der Waals surface area contributed by atoms with Gasteiger partial charge in [0.05, 0.1) is 5.75 Å². The van der Waals surface area contributed by atoms with Crippen molar-refractivity contribution in [1.29, 1.82) is 0 Å². The summed E-state index contributed by atoms with van der Waals surface area (Å²) in [5, 5.41) is 2.63. The van der Waals surface area contributed by atoms with E-state index >= 15 is 0 Å². The van der Waals surface area contributed by atoms with Crippen LogP contribution in [0.25, 0.3) is 0 Å². The summed E-state index contributed by atoms with van der Waals surface area (Å²) in [5.74, 6) is -1.16. The van der Waals surface area contributed by atoms with Gasteiger partial charge in [-0.2, -0.15) is 0 Å². The zero-order valence-corrected chi connectivity index (χ0v) is 16.1. The molecule has 0 saturated carbocycles. The van der Waals surface area contributed by atoms with Crippen LogP contribution in [0.5, 0.6) is 0 Å². The Hall–Kier alpha value is -1.18. The molecule has 0 atom stereocenters. The lowest BCUT2D eigenvalue weighted by atomic mass is 10.2. The minimum Gasteiger partial charge on any atom is -0.351 e. The first-order valence-electron chi connectivity index (χ1n) is 6.80. The van der Waals surface area contributed by atoms with Gasteiger partial charge >= 0.3 is 0 Å². The van der Waals surface area contributed by atoms with Gasteiger partial charge in [-0.1, -0.05) is 56.1 Å². The fourth-order valence-corrected chi connectivity index (χ4v) is 4.00. The minimum atomic E-state index is -3.50. The second-order valence-electron chi connectivity index (χ2n) is 5.07. The molecule has 0 spiro atoms. The van der Waals surface area contributed by atoms with E-state index in [4.69, 9.17) is 0 Å². The number of amides is 1. The normalized spacial score (nSPS) is 11.2. The van der Waals surface area contributed by atoms with Crippen LogP contribution in [0.3, 0.4) is 0 Å². The molecule has 0 radical (unpaired) electrons. The molecule has 2 aromatic rings. The van der Waals surface area contributed by atoms with Gasteiger partial charge in [-0.05, 0) is 35.4 Å². The highest BCUT2D eigenvalue weighted by Crippen LogP contribution is 2.13. The minimum absolute atomic E-state index is 0.148. The SMILES string of the molecule is O=C(CS(=O)(=O)Cc1ccc(Br)cc1)NCc1cccc(Br)c1. The Morgan fingerprint density at radius 1 is 0.957 bits per heavy atom. The molecule has 122 valence electrons. The fourth-order valence-electron chi connectivity index (χ4n) is 1.98. The molecule has 0 fully saturated rings. The third kappa shape index (κ3) is 6.45. The molecule has 0 aliphatic heterocycles. The summed E-state index contributed by atoms with van der Waals surface area (Å²) >= 11 is 6.64. The van der Waals surface area contributed by atoms with E-state index in [-0.39, 0.29) is 5.75 Å². The first-order chi connectivity index (χ1) is 10.8. The maximum absolute atomic E-state index is 12.1. The van der Waals surface area contributed by atoms with Gasteiger partial charge in [0.1, 0.15) is 5.75 Å². The van der Waals surface area contributed by atoms with Crippen LogP contribution >= 0.6 is 31.9 Å². The standard InChI is InChI=1S/C16H15Br2NO3S/c17-14-6-4-12(5-7-14)10-23(21,22)11-16(20)19-9-13-2-1-3-15(18)8-13/h1-8H,9-11H2,(H,19,20).